The Morgan fingerprint density at radius 3 is 2.55 bits per heavy atom. The first-order chi connectivity index (χ1) is 9.31. The van der Waals surface area contributed by atoms with Crippen LogP contribution in [-0.2, 0) is 6.54 Å². The molecule has 0 saturated heterocycles. The molecule has 20 heavy (non-hydrogen) atoms. The topological polar surface area (TPSA) is 42.3 Å². The minimum Gasteiger partial charge on any atom is -0.493 e. The van der Waals surface area contributed by atoms with Gasteiger partial charge in [-0.25, -0.2) is 0 Å². The average Bonchev–Trinajstić information content (AvgIpc) is 2.74. The molecule has 0 fully saturated rings. The summed E-state index contributed by atoms with van der Waals surface area (Å²) in [6.07, 6.45) is -3.08. The number of methoxy groups -OCH3 is 1. The zero-order valence-electron chi connectivity index (χ0n) is 12.2. The predicted octanol–water partition coefficient (Wildman–Crippen LogP) is 1.67. The van der Waals surface area contributed by atoms with E-state index in [9.17, 15) is 13.2 Å². The molecule has 1 rings (SSSR count). The fourth-order valence-corrected chi connectivity index (χ4v) is 1.87. The summed E-state index contributed by atoms with van der Waals surface area (Å²) in [6.45, 7) is 2.79. The fourth-order valence-electron chi connectivity index (χ4n) is 1.87. The maximum absolute atomic E-state index is 13.2. The molecule has 5 nitrogen and oxygen atoms in total. The molecule has 1 aromatic heterocycles. The van der Waals surface area contributed by atoms with Crippen LogP contribution in [0.25, 0.3) is 0 Å². The van der Waals surface area contributed by atoms with Crippen molar-refractivity contribution in [2.24, 2.45) is 0 Å². The minimum absolute atomic E-state index is 0.0173. The minimum atomic E-state index is -4.40. The zero-order valence-corrected chi connectivity index (χ0v) is 12.2. The molecule has 8 heteroatoms. The number of nitrogens with zero attached hydrogens (tertiary/aromatic N) is 3. The second-order valence-electron chi connectivity index (χ2n) is 4.66. The second-order valence-corrected chi connectivity index (χ2v) is 4.66. The number of aromatic nitrogens is 2. The number of nitrogens with one attached hydrogen (secondary N) is 1. The van der Waals surface area contributed by atoms with E-state index < -0.39 is 12.2 Å². The lowest BCUT2D eigenvalue weighted by molar-refractivity contribution is -0.159. The van der Waals surface area contributed by atoms with Crippen LogP contribution in [0.5, 0.6) is 5.75 Å². The average molecular weight is 294 g/mol. The van der Waals surface area contributed by atoms with E-state index in [0.29, 0.717) is 13.1 Å². The van der Waals surface area contributed by atoms with Gasteiger partial charge in [-0.05, 0) is 20.6 Å². The predicted molar refractivity (Wildman–Crippen MR) is 69.8 cm³/mol. The Balaban J connectivity index is 3.13. The maximum atomic E-state index is 13.2. The standard InChI is InChI=1S/C12H21F3N4O/c1-5-16-11(12(13,14)15)10-9(20-4)8-17-19(10)7-6-18(2)3/h8,11,16H,5-7H2,1-4H3. The summed E-state index contributed by atoms with van der Waals surface area (Å²) in [6, 6.07) is -1.79. The van der Waals surface area contributed by atoms with Crippen LogP contribution in [0.1, 0.15) is 18.7 Å². The molecule has 1 unspecified atom stereocenters. The summed E-state index contributed by atoms with van der Waals surface area (Å²) in [5.41, 5.74) is 0.0173. The fraction of sp³-hybridized carbons (Fsp3) is 0.750. The van der Waals surface area contributed by atoms with Gasteiger partial charge in [0.15, 0.2) is 5.75 Å². The number of hydrogen-bond donors (Lipinski definition) is 1. The molecule has 0 radical (unpaired) electrons. The summed E-state index contributed by atoms with van der Waals surface area (Å²) in [5.74, 6) is 0.145. The van der Waals surface area contributed by atoms with Crippen LogP contribution in [0, 0.1) is 0 Å². The number of rotatable bonds is 7. The lowest BCUT2D eigenvalue weighted by atomic mass is 10.2. The van der Waals surface area contributed by atoms with Crippen LogP contribution in [-0.4, -0.2) is 55.2 Å². The van der Waals surface area contributed by atoms with Crippen molar-refractivity contribution in [3.05, 3.63) is 11.9 Å². The van der Waals surface area contributed by atoms with Gasteiger partial charge in [0.1, 0.15) is 11.7 Å². The van der Waals surface area contributed by atoms with E-state index in [0.717, 1.165) is 0 Å². The lowest BCUT2D eigenvalue weighted by Crippen LogP contribution is -2.36. The molecule has 1 heterocycles. The van der Waals surface area contributed by atoms with Gasteiger partial charge in [0.25, 0.3) is 0 Å². The first-order valence-corrected chi connectivity index (χ1v) is 6.35. The van der Waals surface area contributed by atoms with Gasteiger partial charge in [-0.15, -0.1) is 0 Å². The first-order valence-electron chi connectivity index (χ1n) is 6.35. The van der Waals surface area contributed by atoms with Gasteiger partial charge in [0, 0.05) is 6.54 Å². The molecule has 0 aliphatic heterocycles. The van der Waals surface area contributed by atoms with E-state index >= 15 is 0 Å². The van der Waals surface area contributed by atoms with Crippen molar-refractivity contribution in [3.8, 4) is 5.75 Å². The largest absolute Gasteiger partial charge is 0.493 e. The Hall–Kier alpha value is -1.28. The smallest absolute Gasteiger partial charge is 0.409 e. The highest BCUT2D eigenvalue weighted by Crippen LogP contribution is 2.37. The Kier molecular flexibility index (Phi) is 5.82. The highest BCUT2D eigenvalue weighted by Gasteiger charge is 2.44. The molecule has 0 aliphatic carbocycles. The van der Waals surface area contributed by atoms with Gasteiger partial charge in [-0.2, -0.15) is 18.3 Å². The zero-order chi connectivity index (χ0) is 15.3. The van der Waals surface area contributed by atoms with Gasteiger partial charge in [-0.3, -0.25) is 4.68 Å². The number of ether oxygens (including phenoxy) is 1. The molecule has 0 saturated carbocycles. The van der Waals surface area contributed by atoms with Crippen LogP contribution < -0.4 is 10.1 Å². The summed E-state index contributed by atoms with van der Waals surface area (Å²) in [4.78, 5) is 1.88. The van der Waals surface area contributed by atoms with Gasteiger partial charge >= 0.3 is 6.18 Å². The molecule has 0 amide bonds. The molecule has 0 aromatic carbocycles. The number of halogens is 3. The third kappa shape index (κ3) is 4.11. The molecule has 0 aliphatic rings. The maximum Gasteiger partial charge on any atom is 0.409 e. The SMILES string of the molecule is CCNC(c1c(OC)cnn1CCN(C)C)C(F)(F)F. The quantitative estimate of drug-likeness (QED) is 0.830. The van der Waals surface area contributed by atoms with Gasteiger partial charge in [0.05, 0.1) is 19.9 Å². The van der Waals surface area contributed by atoms with E-state index in [4.69, 9.17) is 4.74 Å². The van der Waals surface area contributed by atoms with Crippen molar-refractivity contribution in [1.29, 1.82) is 0 Å². The van der Waals surface area contributed by atoms with Crippen molar-refractivity contribution in [1.82, 2.24) is 20.0 Å². The molecule has 1 aromatic rings. The highest BCUT2D eigenvalue weighted by molar-refractivity contribution is 5.29. The molecular weight excluding hydrogens is 273 g/mol. The molecule has 1 atom stereocenters. The van der Waals surface area contributed by atoms with Crippen molar-refractivity contribution in [2.45, 2.75) is 25.7 Å². The summed E-state index contributed by atoms with van der Waals surface area (Å²) in [5, 5.41) is 6.45. The van der Waals surface area contributed by atoms with E-state index in [1.807, 2.05) is 19.0 Å². The number of alkyl halides is 3. The van der Waals surface area contributed by atoms with Crippen molar-refractivity contribution < 1.29 is 17.9 Å². The van der Waals surface area contributed by atoms with E-state index in [-0.39, 0.29) is 18.0 Å². The first kappa shape index (κ1) is 16.8. The third-order valence-corrected chi connectivity index (χ3v) is 2.83. The van der Waals surface area contributed by atoms with E-state index in [1.165, 1.54) is 18.0 Å². The second kappa shape index (κ2) is 6.94. The Morgan fingerprint density at radius 1 is 1.45 bits per heavy atom. The summed E-state index contributed by atoms with van der Waals surface area (Å²) >= 11 is 0. The number of hydrogen-bond acceptors (Lipinski definition) is 4. The Labute approximate surface area is 116 Å². The van der Waals surface area contributed by atoms with Gasteiger partial charge in [0.2, 0.25) is 0 Å². The Morgan fingerprint density at radius 2 is 2.10 bits per heavy atom. The molecule has 1 N–H and O–H groups in total. The Bertz CT molecular complexity index is 417. The third-order valence-electron chi connectivity index (χ3n) is 2.83. The van der Waals surface area contributed by atoms with E-state index in [2.05, 4.69) is 10.4 Å². The van der Waals surface area contributed by atoms with Crippen LogP contribution in [0.3, 0.4) is 0 Å². The molecule has 0 spiro atoms. The molecular formula is C12H21F3N4O. The van der Waals surface area contributed by atoms with Crippen molar-refractivity contribution in [3.63, 3.8) is 0 Å². The monoisotopic (exact) mass is 294 g/mol. The van der Waals surface area contributed by atoms with Crippen molar-refractivity contribution >= 4 is 0 Å². The van der Waals surface area contributed by atoms with Gasteiger partial charge in [-0.1, -0.05) is 6.92 Å². The van der Waals surface area contributed by atoms with Crippen LogP contribution in [0.15, 0.2) is 6.20 Å². The van der Waals surface area contributed by atoms with Crippen molar-refractivity contribution in [2.75, 3.05) is 34.3 Å². The molecule has 0 bridgehead atoms. The highest BCUT2D eigenvalue weighted by atomic mass is 19.4. The normalized spacial score (nSPS) is 13.8. The van der Waals surface area contributed by atoms with Crippen LogP contribution in [0.4, 0.5) is 13.2 Å². The van der Waals surface area contributed by atoms with E-state index in [1.54, 1.807) is 6.92 Å². The molecule has 116 valence electrons. The number of likely N-dealkylation sites (N-methyl/N-ethyl adjacent to an activating group) is 1. The van der Waals surface area contributed by atoms with Crippen LogP contribution >= 0.6 is 0 Å². The van der Waals surface area contributed by atoms with Gasteiger partial charge < -0.3 is 15.0 Å². The summed E-state index contributed by atoms with van der Waals surface area (Å²) < 4.78 is 46.0. The summed E-state index contributed by atoms with van der Waals surface area (Å²) in [7, 11) is 5.05. The van der Waals surface area contributed by atoms with Crippen LogP contribution in [0.2, 0.25) is 0 Å². The lowest BCUT2D eigenvalue weighted by Gasteiger charge is -2.23.